The number of hydrogen-bond donors (Lipinski definition) is 0. The predicted octanol–water partition coefficient (Wildman–Crippen LogP) is 3.88. The minimum absolute atomic E-state index is 0.107. The molecule has 8 nitrogen and oxygen atoms in total. The number of carbonyl (C=O) groups is 2. The Hall–Kier alpha value is -3.81. The van der Waals surface area contributed by atoms with E-state index in [-0.39, 0.29) is 17.8 Å². The fourth-order valence-corrected chi connectivity index (χ4v) is 5.03. The van der Waals surface area contributed by atoms with Crippen LogP contribution in [0, 0.1) is 5.92 Å². The lowest BCUT2D eigenvalue weighted by Gasteiger charge is -2.30. The Morgan fingerprint density at radius 1 is 1.03 bits per heavy atom. The highest BCUT2D eigenvalue weighted by atomic mass is 16.5. The number of fused-ring (bicyclic) bond motifs is 3. The van der Waals surface area contributed by atoms with Crippen molar-refractivity contribution >= 4 is 11.9 Å². The smallest absolute Gasteiger partial charge is 0.309 e. The van der Waals surface area contributed by atoms with Gasteiger partial charge in [0, 0.05) is 30.6 Å². The number of nitrogens with zero attached hydrogens (tertiary/aromatic N) is 3. The lowest BCUT2D eigenvalue weighted by atomic mass is 9.96. The lowest BCUT2D eigenvalue weighted by molar-refractivity contribution is -0.149. The number of piperidine rings is 1. The van der Waals surface area contributed by atoms with Gasteiger partial charge in [-0.1, -0.05) is 18.2 Å². The molecule has 182 valence electrons. The highest BCUT2D eigenvalue weighted by Crippen LogP contribution is 2.45. The van der Waals surface area contributed by atoms with Gasteiger partial charge >= 0.3 is 5.97 Å². The highest BCUT2D eigenvalue weighted by molar-refractivity contribution is 5.97. The van der Waals surface area contributed by atoms with Crippen molar-refractivity contribution in [1.29, 1.82) is 0 Å². The Kier molecular flexibility index (Phi) is 6.19. The molecular formula is C27H29N3O5. The lowest BCUT2D eigenvalue weighted by Crippen LogP contribution is -2.41. The van der Waals surface area contributed by atoms with Crippen LogP contribution in [0.5, 0.6) is 11.5 Å². The first kappa shape index (κ1) is 23.0. The zero-order chi connectivity index (χ0) is 24.5. The van der Waals surface area contributed by atoms with Crippen LogP contribution in [-0.2, 0) is 16.0 Å². The highest BCUT2D eigenvalue weighted by Gasteiger charge is 2.36. The van der Waals surface area contributed by atoms with Crippen molar-refractivity contribution in [1.82, 2.24) is 14.7 Å². The molecule has 5 rings (SSSR count). The van der Waals surface area contributed by atoms with Crippen LogP contribution >= 0.6 is 0 Å². The minimum atomic E-state index is -0.174. The van der Waals surface area contributed by atoms with Gasteiger partial charge in [0.1, 0.15) is 0 Å². The molecule has 35 heavy (non-hydrogen) atoms. The first-order valence-electron chi connectivity index (χ1n) is 11.9. The molecule has 1 amide bonds. The van der Waals surface area contributed by atoms with Gasteiger partial charge in [-0.3, -0.25) is 9.59 Å². The van der Waals surface area contributed by atoms with Gasteiger partial charge in [-0.2, -0.15) is 5.10 Å². The zero-order valence-corrected chi connectivity index (χ0v) is 20.2. The molecule has 1 aliphatic carbocycles. The maximum absolute atomic E-state index is 13.7. The molecule has 0 spiro atoms. The van der Waals surface area contributed by atoms with Gasteiger partial charge in [0.2, 0.25) is 0 Å². The Bertz CT molecular complexity index is 1260. The van der Waals surface area contributed by atoms with Crippen molar-refractivity contribution in [2.24, 2.45) is 5.92 Å². The molecule has 2 heterocycles. The number of esters is 1. The summed E-state index contributed by atoms with van der Waals surface area (Å²) < 4.78 is 18.1. The summed E-state index contributed by atoms with van der Waals surface area (Å²) in [5.74, 6) is 0.853. The van der Waals surface area contributed by atoms with Crippen LogP contribution in [-0.4, -0.2) is 60.5 Å². The molecule has 2 aromatic carbocycles. The molecule has 8 heteroatoms. The normalized spacial score (nSPS) is 14.9. The molecular weight excluding hydrogens is 446 g/mol. The van der Waals surface area contributed by atoms with Gasteiger partial charge in [-0.25, -0.2) is 4.68 Å². The van der Waals surface area contributed by atoms with Gasteiger partial charge in [0.05, 0.1) is 38.1 Å². The number of ether oxygens (including phenoxy) is 3. The Balaban J connectivity index is 1.52. The summed E-state index contributed by atoms with van der Waals surface area (Å²) in [6.07, 6.45) is 1.78. The van der Waals surface area contributed by atoms with E-state index in [0.29, 0.717) is 56.2 Å². The number of carbonyl (C=O) groups excluding carboxylic acids is 2. The fraction of sp³-hybridized carbons (Fsp3) is 0.370. The second kappa shape index (κ2) is 9.44. The van der Waals surface area contributed by atoms with E-state index in [4.69, 9.17) is 19.3 Å². The fourth-order valence-electron chi connectivity index (χ4n) is 5.03. The molecule has 0 bridgehead atoms. The van der Waals surface area contributed by atoms with Crippen LogP contribution in [0.25, 0.3) is 16.9 Å². The van der Waals surface area contributed by atoms with Crippen molar-refractivity contribution in [2.75, 3.05) is 33.9 Å². The van der Waals surface area contributed by atoms with Gasteiger partial charge in [-0.05, 0) is 49.6 Å². The SMILES string of the molecule is CCOC(=O)C1CCN(C(=O)c2nn(-c3ccccc3)c3c2Cc2cc(OC)c(OC)cc2-3)CC1. The summed E-state index contributed by atoms with van der Waals surface area (Å²) in [7, 11) is 3.23. The molecule has 1 aliphatic heterocycles. The number of benzene rings is 2. The van der Waals surface area contributed by atoms with E-state index in [9.17, 15) is 9.59 Å². The van der Waals surface area contributed by atoms with Crippen LogP contribution < -0.4 is 9.47 Å². The Morgan fingerprint density at radius 3 is 2.37 bits per heavy atom. The van der Waals surface area contributed by atoms with Crippen molar-refractivity contribution < 1.29 is 23.8 Å². The molecule has 1 fully saturated rings. The topological polar surface area (TPSA) is 82.9 Å². The molecule has 0 radical (unpaired) electrons. The summed E-state index contributed by atoms with van der Waals surface area (Å²) in [5.41, 5.74) is 5.18. The van der Waals surface area contributed by atoms with Crippen LogP contribution in [0.3, 0.4) is 0 Å². The summed E-state index contributed by atoms with van der Waals surface area (Å²) >= 11 is 0. The first-order valence-corrected chi connectivity index (χ1v) is 11.9. The first-order chi connectivity index (χ1) is 17.0. The van der Waals surface area contributed by atoms with E-state index >= 15 is 0 Å². The summed E-state index contributed by atoms with van der Waals surface area (Å²) in [5, 5.41) is 4.82. The van der Waals surface area contributed by atoms with Crippen molar-refractivity contribution in [3.05, 3.63) is 59.3 Å². The largest absolute Gasteiger partial charge is 0.493 e. The second-order valence-corrected chi connectivity index (χ2v) is 8.78. The van der Waals surface area contributed by atoms with E-state index in [1.807, 2.05) is 54.1 Å². The number of likely N-dealkylation sites (tertiary alicyclic amines) is 1. The average molecular weight is 476 g/mol. The number of methoxy groups -OCH3 is 2. The third-order valence-corrected chi connectivity index (χ3v) is 6.82. The van der Waals surface area contributed by atoms with Gasteiger partial charge in [0.15, 0.2) is 17.2 Å². The van der Waals surface area contributed by atoms with Crippen molar-refractivity contribution in [3.8, 4) is 28.4 Å². The maximum Gasteiger partial charge on any atom is 0.309 e. The number of para-hydroxylation sites is 1. The standard InChI is InChI=1S/C27H29N3O5/c1-4-35-27(32)17-10-12-29(13-11-17)26(31)24-21-14-18-15-22(33-2)23(34-3)16-20(18)25(21)30(28-24)19-8-6-5-7-9-19/h5-9,15-17H,4,10-14H2,1-3H3. The monoisotopic (exact) mass is 475 g/mol. The van der Waals surface area contributed by atoms with Gasteiger partial charge < -0.3 is 19.1 Å². The third-order valence-electron chi connectivity index (χ3n) is 6.82. The van der Waals surface area contributed by atoms with Gasteiger partial charge in [0.25, 0.3) is 5.91 Å². The average Bonchev–Trinajstić information content (AvgIpc) is 3.45. The minimum Gasteiger partial charge on any atom is -0.493 e. The van der Waals surface area contributed by atoms with E-state index in [1.165, 1.54) is 0 Å². The maximum atomic E-state index is 13.7. The second-order valence-electron chi connectivity index (χ2n) is 8.78. The molecule has 0 unspecified atom stereocenters. The molecule has 0 N–H and O–H groups in total. The van der Waals surface area contributed by atoms with Crippen molar-refractivity contribution in [3.63, 3.8) is 0 Å². The molecule has 1 aromatic heterocycles. The van der Waals surface area contributed by atoms with Crippen molar-refractivity contribution in [2.45, 2.75) is 26.2 Å². The number of aromatic nitrogens is 2. The summed E-state index contributed by atoms with van der Waals surface area (Å²) in [6, 6.07) is 13.7. The number of amides is 1. The molecule has 0 atom stereocenters. The van der Waals surface area contributed by atoms with Crippen LogP contribution in [0.15, 0.2) is 42.5 Å². The van der Waals surface area contributed by atoms with Crippen LogP contribution in [0.1, 0.15) is 41.4 Å². The van der Waals surface area contributed by atoms with Gasteiger partial charge in [-0.15, -0.1) is 0 Å². The van der Waals surface area contributed by atoms with E-state index in [1.54, 1.807) is 19.1 Å². The predicted molar refractivity (Wildman–Crippen MR) is 130 cm³/mol. The number of hydrogen-bond acceptors (Lipinski definition) is 6. The van der Waals surface area contributed by atoms with E-state index < -0.39 is 0 Å². The molecule has 2 aliphatic rings. The number of rotatable bonds is 6. The third kappa shape index (κ3) is 4.03. The summed E-state index contributed by atoms with van der Waals surface area (Å²) in [4.78, 5) is 27.6. The van der Waals surface area contributed by atoms with Crippen LogP contribution in [0.4, 0.5) is 0 Å². The Labute approximate surface area is 204 Å². The van der Waals surface area contributed by atoms with Crippen LogP contribution in [0.2, 0.25) is 0 Å². The molecule has 3 aromatic rings. The summed E-state index contributed by atoms with van der Waals surface area (Å²) in [6.45, 7) is 3.19. The van der Waals surface area contributed by atoms with E-state index in [0.717, 1.165) is 28.1 Å². The quantitative estimate of drug-likeness (QED) is 0.394. The van der Waals surface area contributed by atoms with E-state index in [2.05, 4.69) is 0 Å². The Morgan fingerprint density at radius 2 is 1.71 bits per heavy atom. The zero-order valence-electron chi connectivity index (χ0n) is 20.2. The molecule has 1 saturated heterocycles. The molecule has 0 saturated carbocycles.